The average Bonchev–Trinajstić information content (AvgIpc) is 3.41. The van der Waals surface area contributed by atoms with E-state index in [2.05, 4.69) is 278 Å². The van der Waals surface area contributed by atoms with E-state index in [1.165, 1.54) is 93.5 Å². The van der Waals surface area contributed by atoms with Crippen LogP contribution in [-0.2, 0) is 0 Å². The molecule has 0 spiro atoms. The molecule has 0 bridgehead atoms. The van der Waals surface area contributed by atoms with Gasteiger partial charge in [0.25, 0.3) is 0 Å². The van der Waals surface area contributed by atoms with Crippen LogP contribution in [0.2, 0.25) is 0 Å². The normalized spacial score (nSPS) is 11.3. The third-order valence-corrected chi connectivity index (χ3v) is 13.3. The second-order valence-electron chi connectivity index (χ2n) is 17.2. The van der Waals surface area contributed by atoms with Gasteiger partial charge in [-0.05, 0) is 136 Å². The second kappa shape index (κ2) is 17.3. The summed E-state index contributed by atoms with van der Waals surface area (Å²) in [6.45, 7) is 0. The highest BCUT2D eigenvalue weighted by molar-refractivity contribution is 6.14. The molecular formula is C66H45N. The second-order valence-corrected chi connectivity index (χ2v) is 17.2. The molecule has 1 heteroatoms. The van der Waals surface area contributed by atoms with Crippen molar-refractivity contribution in [1.29, 1.82) is 0 Å². The van der Waals surface area contributed by atoms with Gasteiger partial charge in [0.05, 0.1) is 5.69 Å². The van der Waals surface area contributed by atoms with Gasteiger partial charge in [-0.1, -0.05) is 231 Å². The predicted molar refractivity (Wildman–Crippen MR) is 286 cm³/mol. The van der Waals surface area contributed by atoms with Crippen LogP contribution >= 0.6 is 0 Å². The van der Waals surface area contributed by atoms with E-state index < -0.39 is 0 Å². The van der Waals surface area contributed by atoms with Gasteiger partial charge in [-0.3, -0.25) is 0 Å². The van der Waals surface area contributed by atoms with Crippen LogP contribution in [0.1, 0.15) is 0 Å². The summed E-state index contributed by atoms with van der Waals surface area (Å²) in [7, 11) is 0. The van der Waals surface area contributed by atoms with E-state index in [9.17, 15) is 0 Å². The quantitative estimate of drug-likeness (QED) is 0.131. The Morgan fingerprint density at radius 1 is 0.194 bits per heavy atom. The Kier molecular flexibility index (Phi) is 10.3. The fraction of sp³-hybridized carbons (Fsp3) is 0. The first-order valence-corrected chi connectivity index (χ1v) is 23.1. The molecule has 314 valence electrons. The molecule has 12 aromatic rings. The zero-order valence-corrected chi connectivity index (χ0v) is 36.9. The first-order valence-electron chi connectivity index (χ1n) is 23.1. The molecular weight excluding hydrogens is 807 g/mol. The lowest BCUT2D eigenvalue weighted by atomic mass is 9.88. The molecule has 0 aliphatic carbocycles. The van der Waals surface area contributed by atoms with Gasteiger partial charge in [0, 0.05) is 16.9 Å². The first-order chi connectivity index (χ1) is 33.2. The predicted octanol–water partition coefficient (Wildman–Crippen LogP) is 18.6. The summed E-state index contributed by atoms with van der Waals surface area (Å²) in [5.41, 5.74) is 17.6. The number of para-hydroxylation sites is 1. The Bertz CT molecular complexity index is 3720. The van der Waals surface area contributed by atoms with Gasteiger partial charge in [-0.25, -0.2) is 0 Å². The van der Waals surface area contributed by atoms with Crippen LogP contribution in [0.5, 0.6) is 0 Å². The molecule has 0 N–H and O–H groups in total. The summed E-state index contributed by atoms with van der Waals surface area (Å²) >= 11 is 0. The lowest BCUT2D eigenvalue weighted by Crippen LogP contribution is -2.11. The van der Waals surface area contributed by atoms with Gasteiger partial charge in [-0.2, -0.15) is 0 Å². The van der Waals surface area contributed by atoms with Gasteiger partial charge in [0.2, 0.25) is 0 Å². The fourth-order valence-electron chi connectivity index (χ4n) is 9.97. The molecule has 0 fully saturated rings. The highest BCUT2D eigenvalue weighted by atomic mass is 15.1. The highest BCUT2D eigenvalue weighted by Crippen LogP contribution is 2.46. The lowest BCUT2D eigenvalue weighted by Gasteiger charge is -2.29. The fourth-order valence-corrected chi connectivity index (χ4v) is 9.97. The molecule has 0 amide bonds. The molecule has 0 unspecified atom stereocenters. The summed E-state index contributed by atoms with van der Waals surface area (Å²) in [6.07, 6.45) is 0. The summed E-state index contributed by atoms with van der Waals surface area (Å²) < 4.78 is 0. The highest BCUT2D eigenvalue weighted by Gasteiger charge is 2.21. The molecule has 0 saturated carbocycles. The van der Waals surface area contributed by atoms with Crippen LogP contribution in [0.25, 0.3) is 99.1 Å². The molecule has 0 radical (unpaired) electrons. The lowest BCUT2D eigenvalue weighted by molar-refractivity contribution is 1.28. The van der Waals surface area contributed by atoms with E-state index >= 15 is 0 Å². The van der Waals surface area contributed by atoms with Crippen molar-refractivity contribution in [3.05, 3.63) is 273 Å². The standard InChI is InChI=1S/C66H45N/c1-2-17-50(18-3-1)57-21-8-9-23-59(57)61-25-11-12-26-62(61)64-28-14-15-29-66(64)67(56-42-38-51(39-43-56)65-45-54-20-6-7-22-58(54)60-24-10-13-27-63(60)65)55-40-36-48(37-41-55)47-30-32-49(33-31-47)53-35-34-46-16-4-5-19-52(46)44-53/h1-45H. The summed E-state index contributed by atoms with van der Waals surface area (Å²) in [5.74, 6) is 0. The molecule has 67 heavy (non-hydrogen) atoms. The minimum absolute atomic E-state index is 1.08. The van der Waals surface area contributed by atoms with Gasteiger partial charge in [-0.15, -0.1) is 0 Å². The van der Waals surface area contributed by atoms with E-state index in [0.29, 0.717) is 0 Å². The topological polar surface area (TPSA) is 3.24 Å². The molecule has 12 rings (SSSR count). The zero-order chi connectivity index (χ0) is 44.5. The Morgan fingerprint density at radius 2 is 0.612 bits per heavy atom. The molecule has 0 heterocycles. The van der Waals surface area contributed by atoms with Crippen LogP contribution in [0.3, 0.4) is 0 Å². The van der Waals surface area contributed by atoms with Crippen molar-refractivity contribution >= 4 is 49.4 Å². The van der Waals surface area contributed by atoms with Gasteiger partial charge >= 0.3 is 0 Å². The van der Waals surface area contributed by atoms with Gasteiger partial charge < -0.3 is 4.90 Å². The minimum atomic E-state index is 1.08. The van der Waals surface area contributed by atoms with Crippen LogP contribution in [0.4, 0.5) is 17.1 Å². The van der Waals surface area contributed by atoms with Gasteiger partial charge in [0.15, 0.2) is 0 Å². The number of nitrogens with zero attached hydrogens (tertiary/aromatic N) is 1. The molecule has 0 aliphatic heterocycles. The number of fused-ring (bicyclic) bond motifs is 4. The Morgan fingerprint density at radius 3 is 1.28 bits per heavy atom. The third kappa shape index (κ3) is 7.53. The molecule has 0 atom stereocenters. The molecule has 0 aliphatic rings. The zero-order valence-electron chi connectivity index (χ0n) is 36.9. The van der Waals surface area contributed by atoms with Crippen molar-refractivity contribution in [1.82, 2.24) is 0 Å². The van der Waals surface area contributed by atoms with Crippen LogP contribution < -0.4 is 4.90 Å². The largest absolute Gasteiger partial charge is 0.310 e. The minimum Gasteiger partial charge on any atom is -0.310 e. The number of benzene rings is 12. The molecule has 1 nitrogen and oxygen atoms in total. The Labute approximate surface area is 392 Å². The van der Waals surface area contributed by atoms with Crippen LogP contribution in [-0.4, -0.2) is 0 Å². The van der Waals surface area contributed by atoms with E-state index in [0.717, 1.165) is 22.6 Å². The Balaban J connectivity index is 0.969. The maximum absolute atomic E-state index is 2.42. The van der Waals surface area contributed by atoms with Crippen molar-refractivity contribution in [2.24, 2.45) is 0 Å². The monoisotopic (exact) mass is 851 g/mol. The number of rotatable bonds is 9. The van der Waals surface area contributed by atoms with E-state index in [4.69, 9.17) is 0 Å². The van der Waals surface area contributed by atoms with E-state index in [1.807, 2.05) is 0 Å². The van der Waals surface area contributed by atoms with Crippen LogP contribution in [0.15, 0.2) is 273 Å². The molecule has 0 aromatic heterocycles. The smallest absolute Gasteiger partial charge is 0.0540 e. The summed E-state index contributed by atoms with van der Waals surface area (Å²) in [6, 6.07) is 99.4. The maximum atomic E-state index is 2.42. The third-order valence-electron chi connectivity index (χ3n) is 13.3. The maximum Gasteiger partial charge on any atom is 0.0540 e. The van der Waals surface area contributed by atoms with Crippen molar-refractivity contribution < 1.29 is 0 Å². The van der Waals surface area contributed by atoms with E-state index in [1.54, 1.807) is 0 Å². The van der Waals surface area contributed by atoms with Crippen molar-refractivity contribution in [3.63, 3.8) is 0 Å². The number of hydrogen-bond acceptors (Lipinski definition) is 1. The Hall–Kier alpha value is -8.78. The first kappa shape index (κ1) is 39.8. The van der Waals surface area contributed by atoms with Gasteiger partial charge in [0.1, 0.15) is 0 Å². The SMILES string of the molecule is c1ccc(-c2ccccc2-c2ccccc2-c2ccccc2N(c2ccc(-c3ccc(-c4ccc5ccccc5c4)cc3)cc2)c2ccc(-c3cc4ccccc4c4ccccc34)cc2)cc1. The van der Waals surface area contributed by atoms with Crippen molar-refractivity contribution in [2.45, 2.75) is 0 Å². The number of anilines is 3. The van der Waals surface area contributed by atoms with E-state index in [-0.39, 0.29) is 0 Å². The molecule has 12 aromatic carbocycles. The number of hydrogen-bond donors (Lipinski definition) is 0. The molecule has 0 saturated heterocycles. The van der Waals surface area contributed by atoms with Crippen molar-refractivity contribution in [2.75, 3.05) is 4.90 Å². The summed E-state index contributed by atoms with van der Waals surface area (Å²) in [5, 5.41) is 7.55. The average molecular weight is 852 g/mol. The van der Waals surface area contributed by atoms with Crippen LogP contribution in [0, 0.1) is 0 Å². The summed E-state index contributed by atoms with van der Waals surface area (Å²) in [4.78, 5) is 2.42. The van der Waals surface area contributed by atoms with Crippen molar-refractivity contribution in [3.8, 4) is 66.8 Å².